The van der Waals surface area contributed by atoms with Gasteiger partial charge in [-0.15, -0.1) is 0 Å². The lowest BCUT2D eigenvalue weighted by Gasteiger charge is -2.20. The zero-order valence-corrected chi connectivity index (χ0v) is 14.1. The Balaban J connectivity index is 1.99. The SMILES string of the molecule is CCn1ccc(CN(C)C(=S)Nc2ccc(Cl)cc2Cl)n1. The molecule has 0 aliphatic carbocycles. The number of benzene rings is 1. The number of thiocarbonyl (C=S) groups is 1. The largest absolute Gasteiger partial charge is 0.346 e. The first-order valence-electron chi connectivity index (χ1n) is 6.49. The van der Waals surface area contributed by atoms with Crippen LogP contribution in [0.5, 0.6) is 0 Å². The van der Waals surface area contributed by atoms with Crippen molar-refractivity contribution in [2.24, 2.45) is 0 Å². The lowest BCUT2D eigenvalue weighted by Crippen LogP contribution is -2.30. The van der Waals surface area contributed by atoms with Crippen molar-refractivity contribution in [2.45, 2.75) is 20.0 Å². The molecule has 0 aliphatic heterocycles. The van der Waals surface area contributed by atoms with E-state index in [-0.39, 0.29) is 0 Å². The number of hydrogen-bond acceptors (Lipinski definition) is 2. The van der Waals surface area contributed by atoms with Crippen LogP contribution in [-0.4, -0.2) is 26.8 Å². The highest BCUT2D eigenvalue weighted by atomic mass is 35.5. The summed E-state index contributed by atoms with van der Waals surface area (Å²) in [4.78, 5) is 1.91. The van der Waals surface area contributed by atoms with Gasteiger partial charge in [0.2, 0.25) is 0 Å². The van der Waals surface area contributed by atoms with Gasteiger partial charge in [0.25, 0.3) is 0 Å². The van der Waals surface area contributed by atoms with Crippen LogP contribution in [0, 0.1) is 0 Å². The van der Waals surface area contributed by atoms with E-state index in [1.807, 2.05) is 28.9 Å². The maximum Gasteiger partial charge on any atom is 0.173 e. The molecule has 1 aromatic carbocycles. The van der Waals surface area contributed by atoms with Crippen LogP contribution in [0.15, 0.2) is 30.5 Å². The molecule has 0 fully saturated rings. The van der Waals surface area contributed by atoms with Crippen molar-refractivity contribution in [3.63, 3.8) is 0 Å². The number of aryl methyl sites for hydroxylation is 1. The van der Waals surface area contributed by atoms with Crippen molar-refractivity contribution in [2.75, 3.05) is 12.4 Å². The molecule has 0 saturated carbocycles. The maximum atomic E-state index is 6.12. The Kier molecular flexibility index (Phi) is 5.45. The lowest BCUT2D eigenvalue weighted by molar-refractivity contribution is 0.492. The van der Waals surface area contributed by atoms with Crippen molar-refractivity contribution >= 4 is 46.2 Å². The first-order chi connectivity index (χ1) is 9.99. The molecular formula is C14H16Cl2N4S. The molecule has 2 aromatic rings. The zero-order chi connectivity index (χ0) is 15.4. The molecule has 0 amide bonds. The number of anilines is 1. The number of rotatable bonds is 4. The average Bonchev–Trinajstić information content (AvgIpc) is 2.89. The van der Waals surface area contributed by atoms with Gasteiger partial charge in [0.1, 0.15) is 0 Å². The van der Waals surface area contributed by atoms with Crippen LogP contribution in [-0.2, 0) is 13.1 Å². The van der Waals surface area contributed by atoms with Crippen molar-refractivity contribution in [1.29, 1.82) is 0 Å². The van der Waals surface area contributed by atoms with Gasteiger partial charge in [-0.05, 0) is 43.4 Å². The minimum atomic E-state index is 0.536. The van der Waals surface area contributed by atoms with Crippen LogP contribution in [0.1, 0.15) is 12.6 Å². The Bertz CT molecular complexity index is 642. The third kappa shape index (κ3) is 4.33. The molecule has 21 heavy (non-hydrogen) atoms. The Morgan fingerprint density at radius 3 is 2.76 bits per heavy atom. The highest BCUT2D eigenvalue weighted by Crippen LogP contribution is 2.25. The fourth-order valence-electron chi connectivity index (χ4n) is 1.78. The smallest absolute Gasteiger partial charge is 0.173 e. The molecule has 0 unspecified atom stereocenters. The zero-order valence-electron chi connectivity index (χ0n) is 11.8. The molecule has 0 bridgehead atoms. The second-order valence-corrected chi connectivity index (χ2v) is 5.80. The van der Waals surface area contributed by atoms with E-state index in [0.717, 1.165) is 17.9 Å². The van der Waals surface area contributed by atoms with Crippen molar-refractivity contribution in [3.05, 3.63) is 46.2 Å². The molecule has 0 radical (unpaired) electrons. The number of halogens is 2. The van der Waals surface area contributed by atoms with Gasteiger partial charge < -0.3 is 10.2 Å². The van der Waals surface area contributed by atoms with Crippen LogP contribution in [0.25, 0.3) is 0 Å². The molecule has 2 rings (SSSR count). The van der Waals surface area contributed by atoms with Crippen molar-refractivity contribution in [3.8, 4) is 0 Å². The first-order valence-corrected chi connectivity index (χ1v) is 7.65. The fraction of sp³-hybridized carbons (Fsp3) is 0.286. The van der Waals surface area contributed by atoms with E-state index >= 15 is 0 Å². The molecule has 1 heterocycles. The van der Waals surface area contributed by atoms with E-state index < -0.39 is 0 Å². The Labute approximate surface area is 139 Å². The molecule has 7 heteroatoms. The summed E-state index contributed by atoms with van der Waals surface area (Å²) in [5.74, 6) is 0. The number of aromatic nitrogens is 2. The first kappa shape index (κ1) is 16.1. The molecule has 112 valence electrons. The highest BCUT2D eigenvalue weighted by molar-refractivity contribution is 7.80. The van der Waals surface area contributed by atoms with E-state index in [1.54, 1.807) is 18.2 Å². The minimum Gasteiger partial charge on any atom is -0.346 e. The van der Waals surface area contributed by atoms with Gasteiger partial charge in [-0.25, -0.2) is 0 Å². The Morgan fingerprint density at radius 1 is 1.38 bits per heavy atom. The third-order valence-electron chi connectivity index (χ3n) is 2.94. The van der Waals surface area contributed by atoms with Gasteiger partial charge in [-0.3, -0.25) is 4.68 Å². The summed E-state index contributed by atoms with van der Waals surface area (Å²) in [5, 5.41) is 9.24. The number of nitrogens with one attached hydrogen (secondary N) is 1. The van der Waals surface area contributed by atoms with Crippen LogP contribution >= 0.6 is 35.4 Å². The maximum absolute atomic E-state index is 6.12. The van der Waals surface area contributed by atoms with Crippen molar-refractivity contribution in [1.82, 2.24) is 14.7 Å². The Morgan fingerprint density at radius 2 is 2.14 bits per heavy atom. The summed E-state index contributed by atoms with van der Waals surface area (Å²) in [6.45, 7) is 3.53. The lowest BCUT2D eigenvalue weighted by atomic mass is 10.3. The van der Waals surface area contributed by atoms with Gasteiger partial charge in [0.05, 0.1) is 22.9 Å². The molecule has 1 N–H and O–H groups in total. The topological polar surface area (TPSA) is 33.1 Å². The molecular weight excluding hydrogens is 327 g/mol. The van der Waals surface area contributed by atoms with Gasteiger partial charge in [0, 0.05) is 24.8 Å². The second kappa shape index (κ2) is 7.11. The van der Waals surface area contributed by atoms with Gasteiger partial charge in [0.15, 0.2) is 5.11 Å². The fourth-order valence-corrected chi connectivity index (χ4v) is 2.41. The predicted octanol–water partition coefficient (Wildman–Crippen LogP) is 4.04. The molecule has 0 spiro atoms. The van der Waals surface area contributed by atoms with E-state index in [2.05, 4.69) is 17.3 Å². The summed E-state index contributed by atoms with van der Waals surface area (Å²) in [7, 11) is 1.91. The van der Waals surface area contributed by atoms with Gasteiger partial charge in [-0.1, -0.05) is 23.2 Å². The van der Waals surface area contributed by atoms with E-state index in [9.17, 15) is 0 Å². The molecule has 4 nitrogen and oxygen atoms in total. The normalized spacial score (nSPS) is 10.5. The number of hydrogen-bond donors (Lipinski definition) is 1. The Hall–Kier alpha value is -1.30. The molecule has 0 atom stereocenters. The quantitative estimate of drug-likeness (QED) is 0.850. The summed E-state index contributed by atoms with van der Waals surface area (Å²) in [6, 6.07) is 7.23. The van der Waals surface area contributed by atoms with Gasteiger partial charge >= 0.3 is 0 Å². The summed E-state index contributed by atoms with van der Waals surface area (Å²) < 4.78 is 1.88. The second-order valence-electron chi connectivity index (χ2n) is 4.57. The van der Waals surface area contributed by atoms with Crippen LogP contribution in [0.4, 0.5) is 5.69 Å². The van der Waals surface area contributed by atoms with E-state index in [0.29, 0.717) is 21.7 Å². The number of nitrogens with zero attached hydrogens (tertiary/aromatic N) is 3. The summed E-state index contributed by atoms with van der Waals surface area (Å²) >= 11 is 17.4. The van der Waals surface area contributed by atoms with Crippen molar-refractivity contribution < 1.29 is 0 Å². The third-order valence-corrected chi connectivity index (χ3v) is 3.90. The predicted molar refractivity (Wildman–Crippen MR) is 92.1 cm³/mol. The molecule has 0 saturated heterocycles. The molecule has 0 aliphatic rings. The minimum absolute atomic E-state index is 0.536. The van der Waals surface area contributed by atoms with E-state index in [1.165, 1.54) is 0 Å². The average molecular weight is 343 g/mol. The van der Waals surface area contributed by atoms with E-state index in [4.69, 9.17) is 35.4 Å². The van der Waals surface area contributed by atoms with Gasteiger partial charge in [-0.2, -0.15) is 5.10 Å². The van der Waals surface area contributed by atoms with Crippen LogP contribution in [0.3, 0.4) is 0 Å². The summed E-state index contributed by atoms with van der Waals surface area (Å²) in [5.41, 5.74) is 1.70. The highest BCUT2D eigenvalue weighted by Gasteiger charge is 2.09. The van der Waals surface area contributed by atoms with Crippen LogP contribution in [0.2, 0.25) is 10.0 Å². The standard InChI is InChI=1S/C14H16Cl2N4S/c1-3-20-7-6-11(18-20)9-19(2)14(21)17-13-5-4-10(15)8-12(13)16/h4-8H,3,9H2,1-2H3,(H,17,21). The monoisotopic (exact) mass is 342 g/mol. The van der Waals surface area contributed by atoms with Crippen LogP contribution < -0.4 is 5.32 Å². The summed E-state index contributed by atoms with van der Waals surface area (Å²) in [6.07, 6.45) is 1.95. The molecule has 1 aromatic heterocycles.